The Morgan fingerprint density at radius 2 is 1.35 bits per heavy atom. The molecule has 1 saturated heterocycles. The van der Waals surface area contributed by atoms with E-state index < -0.39 is 5.60 Å². The van der Waals surface area contributed by atoms with E-state index in [1.165, 1.54) is 32.4 Å². The zero-order valence-corrected chi connectivity index (χ0v) is 17.7. The van der Waals surface area contributed by atoms with Gasteiger partial charge in [-0.15, -0.1) is 0 Å². The highest BCUT2D eigenvalue weighted by molar-refractivity contribution is 5.37. The Hall–Kier alpha value is -1.35. The van der Waals surface area contributed by atoms with Crippen molar-refractivity contribution in [3.8, 4) is 11.8 Å². The van der Waals surface area contributed by atoms with Gasteiger partial charge in [0.1, 0.15) is 12.1 Å². The highest BCUT2D eigenvalue weighted by Gasteiger charge is 2.30. The van der Waals surface area contributed by atoms with Crippen molar-refractivity contribution in [2.45, 2.75) is 31.3 Å². The van der Waals surface area contributed by atoms with Crippen LogP contribution >= 0.6 is 0 Å². The van der Waals surface area contributed by atoms with E-state index >= 15 is 0 Å². The minimum Gasteiger partial charge on any atom is -1.00 e. The average molecular weight is 461 g/mol. The number of hydrogen-bond acceptors (Lipinski definition) is 1. The Kier molecular flexibility index (Phi) is 7.69. The summed E-state index contributed by atoms with van der Waals surface area (Å²) in [7, 11) is 2.30. The minimum absolute atomic E-state index is 0. The summed E-state index contributed by atoms with van der Waals surface area (Å²) in [6, 6.07) is 19.7. The van der Waals surface area contributed by atoms with E-state index in [-0.39, 0.29) is 24.0 Å². The van der Waals surface area contributed by atoms with Crippen molar-refractivity contribution >= 4 is 0 Å². The number of halogens is 1. The molecule has 0 aliphatic carbocycles. The molecule has 138 valence electrons. The lowest BCUT2D eigenvalue weighted by molar-refractivity contribution is -0.907. The number of aliphatic hydroxyl groups is 1. The number of likely N-dealkylation sites (tertiary alicyclic amines) is 1. The standard InChI is InChI=1S/C23H28NO.HI/c1-24(18-10-4-11-19-24)20-12-9-17-23(25,21-13-5-2-6-14-21)22-15-7-3-8-16-22;/h2-3,5-8,13-16,25H,4,10-11,17-20H2,1H3;1H/q+1;/p-1. The molecule has 26 heavy (non-hydrogen) atoms. The third-order valence-corrected chi connectivity index (χ3v) is 5.33. The van der Waals surface area contributed by atoms with E-state index in [9.17, 15) is 5.11 Å². The summed E-state index contributed by atoms with van der Waals surface area (Å²) in [6.45, 7) is 3.31. The molecule has 0 radical (unpaired) electrons. The van der Waals surface area contributed by atoms with Gasteiger partial charge in [0, 0.05) is 6.42 Å². The average Bonchev–Trinajstić information content (AvgIpc) is 2.67. The summed E-state index contributed by atoms with van der Waals surface area (Å²) in [5.74, 6) is 6.63. The maximum absolute atomic E-state index is 11.4. The van der Waals surface area contributed by atoms with E-state index in [4.69, 9.17) is 0 Å². The second kappa shape index (κ2) is 9.55. The van der Waals surface area contributed by atoms with E-state index in [1.807, 2.05) is 60.7 Å². The van der Waals surface area contributed by atoms with Crippen LogP contribution in [0.2, 0.25) is 0 Å². The predicted octanol–water partition coefficient (Wildman–Crippen LogP) is 0.951. The lowest BCUT2D eigenvalue weighted by atomic mass is 9.84. The van der Waals surface area contributed by atoms with Crippen LogP contribution in [0.5, 0.6) is 0 Å². The van der Waals surface area contributed by atoms with Crippen molar-refractivity contribution < 1.29 is 33.6 Å². The van der Waals surface area contributed by atoms with E-state index in [0.717, 1.165) is 22.2 Å². The maximum Gasteiger partial charge on any atom is 0.140 e. The molecule has 0 spiro atoms. The molecule has 0 unspecified atom stereocenters. The molecule has 3 rings (SSSR count). The molecule has 0 atom stereocenters. The van der Waals surface area contributed by atoms with Gasteiger partial charge >= 0.3 is 0 Å². The first-order valence-corrected chi connectivity index (χ1v) is 9.25. The van der Waals surface area contributed by atoms with Crippen LogP contribution in [0, 0.1) is 11.8 Å². The predicted molar refractivity (Wildman–Crippen MR) is 103 cm³/mol. The molecule has 0 amide bonds. The highest BCUT2D eigenvalue weighted by Crippen LogP contribution is 2.32. The molecule has 0 bridgehead atoms. The van der Waals surface area contributed by atoms with Gasteiger partial charge < -0.3 is 33.6 Å². The van der Waals surface area contributed by atoms with Crippen LogP contribution in [-0.2, 0) is 5.60 Å². The molecule has 3 heteroatoms. The first kappa shape index (κ1) is 21.0. The number of rotatable bonds is 4. The minimum atomic E-state index is -1.06. The molecule has 1 aliphatic rings. The van der Waals surface area contributed by atoms with E-state index in [1.54, 1.807) is 0 Å². The van der Waals surface area contributed by atoms with Gasteiger partial charge in [0.05, 0.1) is 20.1 Å². The van der Waals surface area contributed by atoms with Crippen molar-refractivity contribution in [1.82, 2.24) is 0 Å². The van der Waals surface area contributed by atoms with Gasteiger partial charge in [-0.05, 0) is 36.3 Å². The summed E-state index contributed by atoms with van der Waals surface area (Å²) in [4.78, 5) is 0. The van der Waals surface area contributed by atoms with Gasteiger partial charge in [-0.3, -0.25) is 0 Å². The van der Waals surface area contributed by atoms with Crippen LogP contribution in [-0.4, -0.2) is 36.3 Å². The fraction of sp³-hybridized carbons (Fsp3) is 0.391. The molecule has 0 aromatic heterocycles. The van der Waals surface area contributed by atoms with Crippen LogP contribution in [0.3, 0.4) is 0 Å². The fourth-order valence-electron chi connectivity index (χ4n) is 3.67. The summed E-state index contributed by atoms with van der Waals surface area (Å²) >= 11 is 0. The summed E-state index contributed by atoms with van der Waals surface area (Å²) in [5.41, 5.74) is 0.735. The van der Waals surface area contributed by atoms with Crippen LogP contribution in [0.1, 0.15) is 36.8 Å². The molecule has 2 aromatic rings. The fourth-order valence-corrected chi connectivity index (χ4v) is 3.67. The van der Waals surface area contributed by atoms with Gasteiger partial charge in [-0.2, -0.15) is 0 Å². The number of quaternary nitrogens is 1. The smallest absolute Gasteiger partial charge is 0.140 e. The molecule has 1 N–H and O–H groups in total. The molecular formula is C23H28INO. The quantitative estimate of drug-likeness (QED) is 0.409. The molecule has 1 heterocycles. The molecule has 1 fully saturated rings. The molecular weight excluding hydrogens is 433 g/mol. The summed E-state index contributed by atoms with van der Waals surface area (Å²) in [5, 5.41) is 11.4. The zero-order valence-electron chi connectivity index (χ0n) is 15.5. The first-order valence-electron chi connectivity index (χ1n) is 9.25. The molecule has 2 nitrogen and oxygen atoms in total. The van der Waals surface area contributed by atoms with Crippen molar-refractivity contribution in [1.29, 1.82) is 0 Å². The third kappa shape index (κ3) is 5.09. The van der Waals surface area contributed by atoms with Gasteiger partial charge in [0.25, 0.3) is 0 Å². The van der Waals surface area contributed by atoms with Crippen molar-refractivity contribution in [2.24, 2.45) is 0 Å². The van der Waals surface area contributed by atoms with Crippen molar-refractivity contribution in [3.05, 3.63) is 71.8 Å². The van der Waals surface area contributed by atoms with Gasteiger partial charge in [0.2, 0.25) is 0 Å². The SMILES string of the molecule is C[N+]1(CC#CCC(O)(c2ccccc2)c2ccccc2)CCCCC1.[I-]. The second-order valence-corrected chi connectivity index (χ2v) is 7.41. The maximum atomic E-state index is 11.4. The van der Waals surface area contributed by atoms with Gasteiger partial charge in [-0.25, -0.2) is 0 Å². The lowest BCUT2D eigenvalue weighted by Gasteiger charge is -2.36. The van der Waals surface area contributed by atoms with E-state index in [2.05, 4.69) is 18.9 Å². The van der Waals surface area contributed by atoms with Crippen LogP contribution in [0.15, 0.2) is 60.7 Å². The molecule has 0 saturated carbocycles. The van der Waals surface area contributed by atoms with Crippen LogP contribution in [0.25, 0.3) is 0 Å². The molecule has 1 aliphatic heterocycles. The second-order valence-electron chi connectivity index (χ2n) is 7.41. The monoisotopic (exact) mass is 461 g/mol. The van der Waals surface area contributed by atoms with Gasteiger partial charge in [-0.1, -0.05) is 66.6 Å². The van der Waals surface area contributed by atoms with E-state index in [0.29, 0.717) is 6.42 Å². The number of hydrogen-bond donors (Lipinski definition) is 1. The number of piperidine rings is 1. The Bertz CT molecular complexity index is 688. The number of nitrogens with zero attached hydrogens (tertiary/aromatic N) is 1. The van der Waals surface area contributed by atoms with Crippen LogP contribution < -0.4 is 24.0 Å². The van der Waals surface area contributed by atoms with Crippen molar-refractivity contribution in [3.63, 3.8) is 0 Å². The van der Waals surface area contributed by atoms with Crippen LogP contribution in [0.4, 0.5) is 0 Å². The normalized spacial score (nSPS) is 16.1. The first-order chi connectivity index (χ1) is 12.1. The Morgan fingerprint density at radius 3 is 1.85 bits per heavy atom. The Balaban J connectivity index is 0.00000243. The topological polar surface area (TPSA) is 20.2 Å². The lowest BCUT2D eigenvalue weighted by Crippen LogP contribution is -3.00. The summed E-state index contributed by atoms with van der Waals surface area (Å²) in [6.07, 6.45) is 4.37. The highest BCUT2D eigenvalue weighted by atomic mass is 127. The largest absolute Gasteiger partial charge is 1.00 e. The molecule has 2 aromatic carbocycles. The Morgan fingerprint density at radius 1 is 0.846 bits per heavy atom. The zero-order chi connectivity index (χ0) is 17.6. The summed E-state index contributed by atoms with van der Waals surface area (Å²) < 4.78 is 1.04. The van der Waals surface area contributed by atoms with Gasteiger partial charge in [0.15, 0.2) is 0 Å². The number of benzene rings is 2. The third-order valence-electron chi connectivity index (χ3n) is 5.33. The Labute approximate surface area is 174 Å². The van der Waals surface area contributed by atoms with Crippen molar-refractivity contribution in [2.75, 3.05) is 26.7 Å².